The van der Waals surface area contributed by atoms with E-state index in [1.54, 1.807) is 30.6 Å². The molecule has 0 heterocycles. The van der Waals surface area contributed by atoms with Crippen molar-refractivity contribution in [2.24, 2.45) is 0 Å². The van der Waals surface area contributed by atoms with Gasteiger partial charge in [0.25, 0.3) is 5.91 Å². The SMILES string of the molecule is CC(COC(=O)c1ccc(-c2ccc(Cl)cc2Cl)cc1NC(=O)c1cc(O)c([C]=O)cc1[C]=O)N(C)C. The van der Waals surface area contributed by atoms with E-state index in [9.17, 15) is 24.3 Å². The molecular weight excluding hydrogens is 519 g/mol. The summed E-state index contributed by atoms with van der Waals surface area (Å²) >= 11 is 12.4. The van der Waals surface area contributed by atoms with Gasteiger partial charge in [-0.25, -0.2) is 4.79 Å². The van der Waals surface area contributed by atoms with Crippen molar-refractivity contribution in [1.29, 1.82) is 0 Å². The lowest BCUT2D eigenvalue weighted by molar-refractivity contribution is 0.0418. The number of hydrogen-bond acceptors (Lipinski definition) is 7. The molecule has 0 aliphatic heterocycles. The molecule has 8 nitrogen and oxygen atoms in total. The molecule has 0 saturated heterocycles. The molecule has 2 N–H and O–H groups in total. The predicted octanol–water partition coefficient (Wildman–Crippen LogP) is 4.64. The van der Waals surface area contributed by atoms with Crippen LogP contribution in [-0.4, -0.2) is 61.2 Å². The Morgan fingerprint density at radius 2 is 1.70 bits per heavy atom. The molecule has 0 aliphatic rings. The first-order valence-corrected chi connectivity index (χ1v) is 11.7. The highest BCUT2D eigenvalue weighted by atomic mass is 35.5. The lowest BCUT2D eigenvalue weighted by Gasteiger charge is -2.20. The van der Waals surface area contributed by atoms with Crippen LogP contribution in [0.5, 0.6) is 5.75 Å². The average molecular weight is 541 g/mol. The number of carbonyl (C=O) groups is 2. The Balaban J connectivity index is 2.05. The Labute approximate surface area is 223 Å². The Morgan fingerprint density at radius 1 is 1.00 bits per heavy atom. The highest BCUT2D eigenvalue weighted by Crippen LogP contribution is 2.33. The lowest BCUT2D eigenvalue weighted by Crippen LogP contribution is -2.30. The van der Waals surface area contributed by atoms with E-state index in [-0.39, 0.29) is 40.6 Å². The zero-order valence-corrected chi connectivity index (χ0v) is 21.6. The number of anilines is 1. The number of carbonyl (C=O) groups excluding carboxylic acids is 4. The molecule has 3 aromatic carbocycles. The number of hydrogen-bond donors (Lipinski definition) is 2. The van der Waals surface area contributed by atoms with Crippen molar-refractivity contribution in [3.05, 3.63) is 80.8 Å². The van der Waals surface area contributed by atoms with Gasteiger partial charge in [0, 0.05) is 27.2 Å². The van der Waals surface area contributed by atoms with Crippen molar-refractivity contribution < 1.29 is 29.0 Å². The highest BCUT2D eigenvalue weighted by Gasteiger charge is 2.21. The van der Waals surface area contributed by atoms with Crippen LogP contribution < -0.4 is 5.32 Å². The zero-order chi connectivity index (χ0) is 27.3. The van der Waals surface area contributed by atoms with Gasteiger partial charge >= 0.3 is 5.97 Å². The molecule has 1 amide bonds. The summed E-state index contributed by atoms with van der Waals surface area (Å²) in [6.07, 6.45) is 3.05. The molecule has 37 heavy (non-hydrogen) atoms. The molecule has 1 unspecified atom stereocenters. The third kappa shape index (κ3) is 6.54. The van der Waals surface area contributed by atoms with Gasteiger partial charge in [0.2, 0.25) is 12.6 Å². The molecule has 0 aliphatic carbocycles. The predicted molar refractivity (Wildman–Crippen MR) is 141 cm³/mol. The van der Waals surface area contributed by atoms with Crippen LogP contribution in [0.4, 0.5) is 5.69 Å². The van der Waals surface area contributed by atoms with Gasteiger partial charge in [-0.2, -0.15) is 0 Å². The summed E-state index contributed by atoms with van der Waals surface area (Å²) in [5, 5.41) is 13.4. The summed E-state index contributed by atoms with van der Waals surface area (Å²) in [6.45, 7) is 1.98. The monoisotopic (exact) mass is 540 g/mol. The van der Waals surface area contributed by atoms with Gasteiger partial charge in [-0.05, 0) is 63.0 Å². The molecule has 0 bridgehead atoms. The average Bonchev–Trinajstić information content (AvgIpc) is 2.86. The fourth-order valence-corrected chi connectivity index (χ4v) is 3.79. The summed E-state index contributed by atoms with van der Waals surface area (Å²) < 4.78 is 5.44. The summed E-state index contributed by atoms with van der Waals surface area (Å²) in [6, 6.07) is 11.4. The number of aromatic hydroxyl groups is 1. The number of rotatable bonds is 9. The Hall–Kier alpha value is -3.72. The number of phenols is 1. The number of ether oxygens (including phenoxy) is 1. The summed E-state index contributed by atoms with van der Waals surface area (Å²) in [5.41, 5.74) is 0.439. The van der Waals surface area contributed by atoms with E-state index in [1.165, 1.54) is 18.4 Å². The molecule has 10 heteroatoms. The molecule has 1 atom stereocenters. The van der Waals surface area contributed by atoms with E-state index >= 15 is 0 Å². The van der Waals surface area contributed by atoms with Gasteiger partial charge in [-0.3, -0.25) is 14.4 Å². The second kappa shape index (κ2) is 12.0. The number of benzene rings is 3. The van der Waals surface area contributed by atoms with Crippen LogP contribution in [0.3, 0.4) is 0 Å². The smallest absolute Gasteiger partial charge is 0.340 e. The molecule has 0 aromatic heterocycles. The van der Waals surface area contributed by atoms with E-state index in [4.69, 9.17) is 27.9 Å². The quantitative estimate of drug-likeness (QED) is 0.380. The first kappa shape index (κ1) is 27.9. The van der Waals surface area contributed by atoms with Crippen LogP contribution in [0.15, 0.2) is 48.5 Å². The van der Waals surface area contributed by atoms with Gasteiger partial charge in [-0.1, -0.05) is 35.3 Å². The Kier molecular flexibility index (Phi) is 9.04. The number of esters is 1. The first-order chi connectivity index (χ1) is 17.5. The van der Waals surface area contributed by atoms with E-state index in [1.807, 2.05) is 25.9 Å². The normalized spacial score (nSPS) is 11.6. The third-order valence-electron chi connectivity index (χ3n) is 5.67. The summed E-state index contributed by atoms with van der Waals surface area (Å²) in [7, 11) is 3.69. The van der Waals surface area contributed by atoms with Crippen molar-refractivity contribution in [2.45, 2.75) is 13.0 Å². The maximum absolute atomic E-state index is 13.1. The summed E-state index contributed by atoms with van der Waals surface area (Å²) in [4.78, 5) is 50.4. The maximum atomic E-state index is 13.1. The minimum absolute atomic E-state index is 0.0480. The molecule has 2 radical (unpaired) electrons. The van der Waals surface area contributed by atoms with E-state index in [2.05, 4.69) is 5.32 Å². The molecule has 3 aromatic rings. The van der Waals surface area contributed by atoms with Gasteiger partial charge in [0.1, 0.15) is 12.4 Å². The van der Waals surface area contributed by atoms with E-state index in [0.717, 1.165) is 12.1 Å². The molecule has 190 valence electrons. The molecular formula is C27H22Cl2N2O6. The zero-order valence-electron chi connectivity index (χ0n) is 20.1. The second-order valence-electron chi connectivity index (χ2n) is 8.37. The third-order valence-corrected chi connectivity index (χ3v) is 6.22. The number of amides is 1. The number of halogens is 2. The maximum Gasteiger partial charge on any atom is 0.340 e. The lowest BCUT2D eigenvalue weighted by atomic mass is 10.0. The van der Waals surface area contributed by atoms with Gasteiger partial charge in [-0.15, -0.1) is 0 Å². The second-order valence-corrected chi connectivity index (χ2v) is 9.21. The minimum atomic E-state index is -0.832. The van der Waals surface area contributed by atoms with Gasteiger partial charge < -0.3 is 20.1 Å². The minimum Gasteiger partial charge on any atom is -0.507 e. The molecule has 0 spiro atoms. The van der Waals surface area contributed by atoms with Gasteiger partial charge in [0.05, 0.1) is 22.4 Å². The number of nitrogens with zero attached hydrogens (tertiary/aromatic N) is 1. The largest absolute Gasteiger partial charge is 0.507 e. The first-order valence-electron chi connectivity index (χ1n) is 10.9. The number of phenolic OH excluding ortho intramolecular Hbond substituents is 1. The summed E-state index contributed by atoms with van der Waals surface area (Å²) in [5.74, 6) is -2.06. The van der Waals surface area contributed by atoms with E-state index in [0.29, 0.717) is 21.2 Å². The van der Waals surface area contributed by atoms with Crippen LogP contribution in [0, 0.1) is 0 Å². The molecule has 0 saturated carbocycles. The fraction of sp³-hybridized carbons (Fsp3) is 0.185. The number of nitrogens with one attached hydrogen (secondary N) is 1. The van der Waals surface area contributed by atoms with Crippen molar-refractivity contribution in [2.75, 3.05) is 26.0 Å². The van der Waals surface area contributed by atoms with Crippen LogP contribution in [-0.2, 0) is 14.3 Å². The van der Waals surface area contributed by atoms with Crippen molar-refractivity contribution in [3.8, 4) is 16.9 Å². The van der Waals surface area contributed by atoms with E-state index < -0.39 is 17.6 Å². The highest BCUT2D eigenvalue weighted by molar-refractivity contribution is 6.36. The van der Waals surface area contributed by atoms with Gasteiger partial charge in [0.15, 0.2) is 0 Å². The van der Waals surface area contributed by atoms with Crippen LogP contribution in [0.2, 0.25) is 10.0 Å². The topological polar surface area (TPSA) is 113 Å². The van der Waals surface area contributed by atoms with Crippen LogP contribution >= 0.6 is 23.2 Å². The van der Waals surface area contributed by atoms with Crippen molar-refractivity contribution in [1.82, 2.24) is 4.90 Å². The molecule has 0 fully saturated rings. The Bertz CT molecular complexity index is 1370. The van der Waals surface area contributed by atoms with Crippen LogP contribution in [0.25, 0.3) is 11.1 Å². The fourth-order valence-electron chi connectivity index (χ4n) is 3.27. The van der Waals surface area contributed by atoms with Crippen LogP contribution in [0.1, 0.15) is 38.8 Å². The van der Waals surface area contributed by atoms with Crippen molar-refractivity contribution in [3.63, 3.8) is 0 Å². The Morgan fingerprint density at radius 3 is 2.32 bits per heavy atom. The number of likely N-dealkylation sites (N-methyl/N-ethyl adjacent to an activating group) is 1. The standard InChI is InChI=1S/C27H22Cl2N2O6/c1-15(31(2)3)14-37-27(36)21-6-4-16(20-7-5-19(28)10-23(20)29)9-24(21)30-26(35)22-11-25(34)18(13-33)8-17(22)12-32/h4-11,15,34H,14H2,1-3H3,(H,30,35). The molecule has 3 rings (SSSR count). The van der Waals surface area contributed by atoms with Crippen molar-refractivity contribution >= 4 is 53.3 Å².